The van der Waals surface area contributed by atoms with E-state index in [9.17, 15) is 14.4 Å². The molecule has 0 saturated carbocycles. The number of amides is 2. The van der Waals surface area contributed by atoms with Crippen LogP contribution in [0.25, 0.3) is 0 Å². The topological polar surface area (TPSA) is 86.7 Å². The van der Waals surface area contributed by atoms with E-state index in [1.807, 2.05) is 30.3 Å². The number of nitrogens with one attached hydrogen (secondary N) is 1. The Labute approximate surface area is 153 Å². The van der Waals surface area contributed by atoms with E-state index >= 15 is 0 Å². The molecule has 7 heteroatoms. The van der Waals surface area contributed by atoms with Gasteiger partial charge in [-0.2, -0.15) is 12.6 Å². The number of hydrogen-bond acceptors (Lipinski definition) is 4. The second-order valence-electron chi connectivity index (χ2n) is 6.30. The number of carbonyl (C=O) groups is 3. The summed E-state index contributed by atoms with van der Waals surface area (Å²) >= 11 is 4.33. The Morgan fingerprint density at radius 2 is 2.00 bits per heavy atom. The normalized spacial score (nSPS) is 19.3. The lowest BCUT2D eigenvalue weighted by molar-refractivity contribution is -0.149. The molecule has 0 unspecified atom stereocenters. The molecular formula is C18H24N2O4S. The minimum atomic E-state index is -1.00. The predicted molar refractivity (Wildman–Crippen MR) is 97.5 cm³/mol. The van der Waals surface area contributed by atoms with Gasteiger partial charge in [-0.15, -0.1) is 0 Å². The monoisotopic (exact) mass is 364 g/mol. The van der Waals surface area contributed by atoms with Crippen LogP contribution in [0.4, 0.5) is 0 Å². The Morgan fingerprint density at radius 1 is 1.32 bits per heavy atom. The van der Waals surface area contributed by atoms with Crippen LogP contribution in [0.5, 0.6) is 0 Å². The average Bonchev–Trinajstić information content (AvgIpc) is 3.09. The number of aryl methyl sites for hydroxylation is 1. The molecule has 0 aromatic heterocycles. The summed E-state index contributed by atoms with van der Waals surface area (Å²) < 4.78 is 0. The van der Waals surface area contributed by atoms with E-state index < -0.39 is 23.3 Å². The Hall–Kier alpha value is -2.02. The first-order valence-electron chi connectivity index (χ1n) is 8.45. The number of carbonyl (C=O) groups excluding carboxylic acids is 2. The van der Waals surface area contributed by atoms with Gasteiger partial charge in [-0.3, -0.25) is 9.59 Å². The predicted octanol–water partition coefficient (Wildman–Crippen LogP) is 1.50. The molecule has 3 atom stereocenters. The summed E-state index contributed by atoms with van der Waals surface area (Å²) in [5.41, 5.74) is 1.12. The number of thiol groups is 1. The van der Waals surface area contributed by atoms with Crippen LogP contribution in [0, 0.1) is 0 Å². The molecule has 25 heavy (non-hydrogen) atoms. The highest BCUT2D eigenvalue weighted by molar-refractivity contribution is 7.81. The zero-order valence-electron chi connectivity index (χ0n) is 14.2. The first-order chi connectivity index (χ1) is 11.9. The molecule has 2 N–H and O–H groups in total. The molecule has 6 nitrogen and oxygen atoms in total. The zero-order valence-corrected chi connectivity index (χ0v) is 15.1. The molecule has 0 aliphatic carbocycles. The fraction of sp³-hybridized carbons (Fsp3) is 0.500. The molecule has 0 radical (unpaired) electrons. The van der Waals surface area contributed by atoms with Gasteiger partial charge in [0, 0.05) is 6.54 Å². The van der Waals surface area contributed by atoms with Gasteiger partial charge >= 0.3 is 5.97 Å². The molecule has 2 rings (SSSR count). The number of benzene rings is 1. The van der Waals surface area contributed by atoms with Gasteiger partial charge in [0.25, 0.3) is 0 Å². The van der Waals surface area contributed by atoms with Gasteiger partial charge in [0.1, 0.15) is 12.1 Å². The summed E-state index contributed by atoms with van der Waals surface area (Å²) in [7, 11) is 0. The van der Waals surface area contributed by atoms with Crippen molar-refractivity contribution in [1.29, 1.82) is 0 Å². The van der Waals surface area contributed by atoms with E-state index in [1.54, 1.807) is 6.92 Å². The van der Waals surface area contributed by atoms with Crippen LogP contribution < -0.4 is 5.32 Å². The third-order valence-corrected chi connectivity index (χ3v) is 4.89. The fourth-order valence-electron chi connectivity index (χ4n) is 2.99. The van der Waals surface area contributed by atoms with E-state index in [4.69, 9.17) is 5.11 Å². The third-order valence-electron chi connectivity index (χ3n) is 4.40. The summed E-state index contributed by atoms with van der Waals surface area (Å²) in [6.07, 6.45) is 2.39. The van der Waals surface area contributed by atoms with Crippen molar-refractivity contribution < 1.29 is 19.5 Å². The van der Waals surface area contributed by atoms with Gasteiger partial charge in [-0.25, -0.2) is 4.79 Å². The standard InChI is InChI=1S/C18H24N2O4S/c1-12(17(22)20-11-5-8-14(20)18(23)24)19-16(21)15(25)10-9-13-6-3-2-4-7-13/h2-4,6-7,12,14-15,25H,5,8-11H2,1H3,(H,19,21)(H,23,24)/t12-,14-,15-/m0/s1. The number of aliphatic carboxylic acids is 1. The minimum absolute atomic E-state index is 0.314. The van der Waals surface area contributed by atoms with Crippen LogP contribution in [0.1, 0.15) is 31.7 Å². The van der Waals surface area contributed by atoms with E-state index in [-0.39, 0.29) is 11.8 Å². The van der Waals surface area contributed by atoms with Crippen LogP contribution in [0.2, 0.25) is 0 Å². The molecule has 1 aromatic rings. The number of carboxylic acids is 1. The molecule has 2 amide bonds. The van der Waals surface area contributed by atoms with Crippen LogP contribution in [0.3, 0.4) is 0 Å². The second kappa shape index (κ2) is 8.89. The van der Waals surface area contributed by atoms with Crippen molar-refractivity contribution >= 4 is 30.4 Å². The summed E-state index contributed by atoms with van der Waals surface area (Å²) in [5, 5.41) is 11.3. The molecule has 1 aliphatic rings. The maximum atomic E-state index is 12.4. The van der Waals surface area contributed by atoms with E-state index in [2.05, 4.69) is 17.9 Å². The van der Waals surface area contributed by atoms with E-state index in [0.29, 0.717) is 25.8 Å². The molecule has 1 saturated heterocycles. The molecule has 1 aliphatic heterocycles. The number of carboxylic acid groups (broad SMARTS) is 1. The Morgan fingerprint density at radius 3 is 2.64 bits per heavy atom. The summed E-state index contributed by atoms with van der Waals surface area (Å²) in [4.78, 5) is 37.2. The zero-order chi connectivity index (χ0) is 18.4. The van der Waals surface area contributed by atoms with Crippen LogP contribution in [0.15, 0.2) is 30.3 Å². The molecule has 1 fully saturated rings. The van der Waals surface area contributed by atoms with Crippen LogP contribution in [-0.4, -0.2) is 51.7 Å². The Kier molecular flexibility index (Phi) is 6.87. The number of hydrogen-bond donors (Lipinski definition) is 3. The number of rotatable bonds is 7. The number of likely N-dealkylation sites (tertiary alicyclic amines) is 1. The Balaban J connectivity index is 1.84. The van der Waals surface area contributed by atoms with Crippen molar-refractivity contribution in [3.05, 3.63) is 35.9 Å². The highest BCUT2D eigenvalue weighted by Crippen LogP contribution is 2.18. The van der Waals surface area contributed by atoms with Gasteiger partial charge < -0.3 is 15.3 Å². The van der Waals surface area contributed by atoms with E-state index in [0.717, 1.165) is 12.0 Å². The lowest BCUT2D eigenvalue weighted by Crippen LogP contribution is -2.51. The molecule has 1 aromatic carbocycles. The van der Waals surface area contributed by atoms with Crippen molar-refractivity contribution in [3.63, 3.8) is 0 Å². The molecule has 0 bridgehead atoms. The lowest BCUT2D eigenvalue weighted by Gasteiger charge is -2.26. The van der Waals surface area contributed by atoms with Gasteiger partial charge in [-0.1, -0.05) is 30.3 Å². The largest absolute Gasteiger partial charge is 0.480 e. The second-order valence-corrected chi connectivity index (χ2v) is 6.92. The SMILES string of the molecule is C[C@H](NC(=O)[C@@H](S)CCc1ccccc1)C(=O)N1CCC[C@H]1C(=O)O. The smallest absolute Gasteiger partial charge is 0.326 e. The van der Waals surface area contributed by atoms with E-state index in [1.165, 1.54) is 4.90 Å². The van der Waals surface area contributed by atoms with Gasteiger partial charge in [0.15, 0.2) is 0 Å². The highest BCUT2D eigenvalue weighted by atomic mass is 32.1. The first kappa shape index (κ1) is 19.3. The maximum Gasteiger partial charge on any atom is 0.326 e. The first-order valence-corrected chi connectivity index (χ1v) is 8.97. The van der Waals surface area contributed by atoms with Crippen molar-refractivity contribution in [3.8, 4) is 0 Å². The van der Waals surface area contributed by atoms with Crippen LogP contribution in [-0.2, 0) is 20.8 Å². The maximum absolute atomic E-state index is 12.4. The lowest BCUT2D eigenvalue weighted by atomic mass is 10.1. The molecular weight excluding hydrogens is 340 g/mol. The van der Waals surface area contributed by atoms with Crippen molar-refractivity contribution in [1.82, 2.24) is 10.2 Å². The number of nitrogens with zero attached hydrogens (tertiary/aromatic N) is 1. The highest BCUT2D eigenvalue weighted by Gasteiger charge is 2.36. The van der Waals surface area contributed by atoms with Crippen molar-refractivity contribution in [2.45, 2.75) is 49.9 Å². The Bertz CT molecular complexity index is 623. The quantitative estimate of drug-likeness (QED) is 0.640. The third kappa shape index (κ3) is 5.22. The molecule has 0 spiro atoms. The minimum Gasteiger partial charge on any atom is -0.480 e. The summed E-state index contributed by atoms with van der Waals surface area (Å²) in [5.74, 6) is -1.67. The fourth-order valence-corrected chi connectivity index (χ4v) is 3.19. The van der Waals surface area contributed by atoms with Crippen molar-refractivity contribution in [2.75, 3.05) is 6.54 Å². The summed E-state index contributed by atoms with van der Waals surface area (Å²) in [6, 6.07) is 8.24. The van der Waals surface area contributed by atoms with Crippen molar-refractivity contribution in [2.24, 2.45) is 0 Å². The van der Waals surface area contributed by atoms with Crippen LogP contribution >= 0.6 is 12.6 Å². The molecule has 1 heterocycles. The van der Waals surface area contributed by atoms with Gasteiger partial charge in [-0.05, 0) is 38.2 Å². The van der Waals surface area contributed by atoms with Gasteiger partial charge in [0.2, 0.25) is 11.8 Å². The van der Waals surface area contributed by atoms with Gasteiger partial charge in [0.05, 0.1) is 5.25 Å². The molecule has 136 valence electrons. The summed E-state index contributed by atoms with van der Waals surface area (Å²) in [6.45, 7) is 1.99. The average molecular weight is 364 g/mol.